The number of carbonyl (C=O) groups is 1. The van der Waals surface area contributed by atoms with Crippen molar-refractivity contribution in [3.05, 3.63) is 41.5 Å². The summed E-state index contributed by atoms with van der Waals surface area (Å²) in [6, 6.07) is 9.00. The van der Waals surface area contributed by atoms with E-state index in [1.54, 1.807) is 12.1 Å². The molecule has 0 saturated carbocycles. The number of hydrogen-bond acceptors (Lipinski definition) is 3. The highest BCUT2D eigenvalue weighted by Gasteiger charge is 2.23. The molecule has 0 spiro atoms. The van der Waals surface area contributed by atoms with Gasteiger partial charge in [0, 0.05) is 12.0 Å². The topological polar surface area (TPSA) is 46.5 Å². The SMILES string of the molecule is O=C1OCCC1=C(O)c1ccccc1. The maximum Gasteiger partial charge on any atom is 0.337 e. The highest BCUT2D eigenvalue weighted by Crippen LogP contribution is 2.22. The molecule has 0 unspecified atom stereocenters. The zero-order valence-electron chi connectivity index (χ0n) is 7.56. The Bertz CT molecular complexity index is 379. The first-order chi connectivity index (χ1) is 6.79. The molecule has 1 heterocycles. The van der Waals surface area contributed by atoms with Crippen LogP contribution in [0.15, 0.2) is 35.9 Å². The second-order valence-electron chi connectivity index (χ2n) is 3.08. The van der Waals surface area contributed by atoms with Crippen LogP contribution in [0.25, 0.3) is 5.76 Å². The molecule has 14 heavy (non-hydrogen) atoms. The van der Waals surface area contributed by atoms with Crippen molar-refractivity contribution < 1.29 is 14.6 Å². The van der Waals surface area contributed by atoms with Crippen molar-refractivity contribution in [1.29, 1.82) is 0 Å². The van der Waals surface area contributed by atoms with Crippen molar-refractivity contribution >= 4 is 11.7 Å². The van der Waals surface area contributed by atoms with Crippen molar-refractivity contribution in [3.8, 4) is 0 Å². The Kier molecular flexibility index (Phi) is 2.23. The molecule has 3 heteroatoms. The molecule has 1 aliphatic rings. The predicted octanol–water partition coefficient (Wildman–Crippen LogP) is 1.90. The number of benzene rings is 1. The molecule has 0 bridgehead atoms. The summed E-state index contributed by atoms with van der Waals surface area (Å²) in [4.78, 5) is 11.1. The van der Waals surface area contributed by atoms with Gasteiger partial charge < -0.3 is 9.84 Å². The Morgan fingerprint density at radius 1 is 1.29 bits per heavy atom. The Labute approximate surface area is 81.6 Å². The van der Waals surface area contributed by atoms with Crippen molar-refractivity contribution in [2.75, 3.05) is 6.61 Å². The Morgan fingerprint density at radius 3 is 2.57 bits per heavy atom. The second kappa shape index (κ2) is 3.54. The highest BCUT2D eigenvalue weighted by molar-refractivity contribution is 5.97. The lowest BCUT2D eigenvalue weighted by atomic mass is 10.1. The first-order valence-electron chi connectivity index (χ1n) is 4.43. The van der Waals surface area contributed by atoms with Crippen LogP contribution in [0, 0.1) is 0 Å². The zero-order chi connectivity index (χ0) is 9.97. The number of carbonyl (C=O) groups excluding carboxylic acids is 1. The van der Waals surface area contributed by atoms with Crippen molar-refractivity contribution in [2.45, 2.75) is 6.42 Å². The summed E-state index contributed by atoms with van der Waals surface area (Å²) in [6.07, 6.45) is 0.486. The lowest BCUT2D eigenvalue weighted by molar-refractivity contribution is -0.135. The van der Waals surface area contributed by atoms with E-state index in [2.05, 4.69) is 0 Å². The van der Waals surface area contributed by atoms with Gasteiger partial charge in [0.1, 0.15) is 5.76 Å². The number of aliphatic hydroxyl groups is 1. The third-order valence-electron chi connectivity index (χ3n) is 2.16. The van der Waals surface area contributed by atoms with E-state index in [1.807, 2.05) is 18.2 Å². The van der Waals surface area contributed by atoms with E-state index in [9.17, 15) is 9.90 Å². The molecule has 1 N–H and O–H groups in total. The third-order valence-corrected chi connectivity index (χ3v) is 2.16. The van der Waals surface area contributed by atoms with Crippen LogP contribution in [0.1, 0.15) is 12.0 Å². The summed E-state index contributed by atoms with van der Waals surface area (Å²) in [5, 5.41) is 9.77. The third kappa shape index (κ3) is 1.48. The normalized spacial score (nSPS) is 19.3. The Balaban J connectivity index is 2.40. The number of aliphatic hydroxyl groups excluding tert-OH is 1. The maximum atomic E-state index is 11.1. The Morgan fingerprint density at radius 2 is 2.00 bits per heavy atom. The summed E-state index contributed by atoms with van der Waals surface area (Å²) in [6.45, 7) is 0.366. The van der Waals surface area contributed by atoms with Crippen LogP contribution >= 0.6 is 0 Å². The molecule has 1 fully saturated rings. The Hall–Kier alpha value is -1.77. The number of esters is 1. The monoisotopic (exact) mass is 190 g/mol. The van der Waals surface area contributed by atoms with Gasteiger partial charge in [0.25, 0.3) is 0 Å². The van der Waals surface area contributed by atoms with Gasteiger partial charge in [-0.05, 0) is 0 Å². The molecule has 1 aliphatic heterocycles. The second-order valence-corrected chi connectivity index (χ2v) is 3.08. The molecule has 3 nitrogen and oxygen atoms in total. The smallest absolute Gasteiger partial charge is 0.337 e. The van der Waals surface area contributed by atoms with Gasteiger partial charge in [0.15, 0.2) is 0 Å². The van der Waals surface area contributed by atoms with Gasteiger partial charge in [-0.15, -0.1) is 0 Å². The van der Waals surface area contributed by atoms with E-state index in [1.165, 1.54) is 0 Å². The van der Waals surface area contributed by atoms with Gasteiger partial charge >= 0.3 is 5.97 Å². The van der Waals surface area contributed by atoms with Crippen LogP contribution in [-0.2, 0) is 9.53 Å². The number of cyclic esters (lactones) is 1. The van der Waals surface area contributed by atoms with Crippen molar-refractivity contribution in [1.82, 2.24) is 0 Å². The van der Waals surface area contributed by atoms with Crippen LogP contribution < -0.4 is 0 Å². The van der Waals surface area contributed by atoms with Gasteiger partial charge in [-0.2, -0.15) is 0 Å². The fraction of sp³-hybridized carbons (Fsp3) is 0.182. The molecule has 72 valence electrons. The summed E-state index contributed by atoms with van der Waals surface area (Å²) >= 11 is 0. The quantitative estimate of drug-likeness (QED) is 0.418. The van der Waals surface area contributed by atoms with E-state index in [0.717, 1.165) is 0 Å². The molecule has 0 aromatic heterocycles. The van der Waals surface area contributed by atoms with Gasteiger partial charge in [-0.1, -0.05) is 30.3 Å². The molecule has 1 aromatic rings. The molecule has 2 rings (SSSR count). The van der Waals surface area contributed by atoms with Gasteiger partial charge in [-0.3, -0.25) is 0 Å². The lowest BCUT2D eigenvalue weighted by Gasteiger charge is -2.01. The van der Waals surface area contributed by atoms with Gasteiger partial charge in [-0.25, -0.2) is 4.79 Å². The van der Waals surface area contributed by atoms with Crippen LogP contribution in [0.5, 0.6) is 0 Å². The summed E-state index contributed by atoms with van der Waals surface area (Å²) in [7, 11) is 0. The highest BCUT2D eigenvalue weighted by atomic mass is 16.5. The van der Waals surface area contributed by atoms with Crippen molar-refractivity contribution in [2.24, 2.45) is 0 Å². The zero-order valence-corrected chi connectivity index (χ0v) is 7.56. The average molecular weight is 190 g/mol. The van der Waals surface area contributed by atoms with Crippen LogP contribution in [0.4, 0.5) is 0 Å². The van der Waals surface area contributed by atoms with Crippen LogP contribution in [0.2, 0.25) is 0 Å². The number of hydrogen-bond donors (Lipinski definition) is 1. The predicted molar refractivity (Wildman–Crippen MR) is 51.6 cm³/mol. The number of ether oxygens (including phenoxy) is 1. The minimum Gasteiger partial charge on any atom is -0.507 e. The summed E-state index contributed by atoms with van der Waals surface area (Å²) < 4.78 is 4.75. The van der Waals surface area contributed by atoms with E-state index >= 15 is 0 Å². The molecule has 0 aliphatic carbocycles. The molecule has 0 radical (unpaired) electrons. The first-order valence-corrected chi connectivity index (χ1v) is 4.43. The van der Waals surface area contributed by atoms with E-state index in [-0.39, 0.29) is 5.76 Å². The molecule has 1 saturated heterocycles. The first kappa shape index (κ1) is 8.81. The van der Waals surface area contributed by atoms with Crippen LogP contribution in [-0.4, -0.2) is 17.7 Å². The fourth-order valence-electron chi connectivity index (χ4n) is 1.42. The molecule has 1 aromatic carbocycles. The molecule has 0 atom stereocenters. The molecular formula is C11H10O3. The lowest BCUT2D eigenvalue weighted by Crippen LogP contribution is -1.98. The van der Waals surface area contributed by atoms with Crippen molar-refractivity contribution in [3.63, 3.8) is 0 Å². The maximum absolute atomic E-state index is 11.1. The summed E-state index contributed by atoms with van der Waals surface area (Å²) in [5.41, 5.74) is 1.03. The van der Waals surface area contributed by atoms with Gasteiger partial charge in [0.05, 0.1) is 12.2 Å². The minimum absolute atomic E-state index is 0.0353. The number of rotatable bonds is 1. The standard InChI is InChI=1S/C11H10O3/c12-10(8-4-2-1-3-5-8)9-6-7-14-11(9)13/h1-5,12H,6-7H2. The fourth-order valence-corrected chi connectivity index (χ4v) is 1.42. The molecular weight excluding hydrogens is 180 g/mol. The largest absolute Gasteiger partial charge is 0.507 e. The minimum atomic E-state index is -0.411. The van der Waals surface area contributed by atoms with E-state index in [0.29, 0.717) is 24.2 Å². The average Bonchev–Trinajstić information content (AvgIpc) is 2.65. The summed E-state index contributed by atoms with van der Waals surface area (Å²) in [5.74, 6) is -0.376. The van der Waals surface area contributed by atoms with Gasteiger partial charge in [0.2, 0.25) is 0 Å². The molecule has 0 amide bonds. The van der Waals surface area contributed by atoms with E-state index in [4.69, 9.17) is 4.74 Å². The van der Waals surface area contributed by atoms with E-state index < -0.39 is 5.97 Å². The van der Waals surface area contributed by atoms with Crippen LogP contribution in [0.3, 0.4) is 0 Å².